The number of para-hydroxylation sites is 1. The number of likely N-dealkylation sites (N-methyl/N-ethyl adjacent to an activating group) is 1. The number of hydrogen-bond acceptors (Lipinski definition) is 3. The molecule has 1 atom stereocenters. The molecule has 1 aromatic heterocycles. The van der Waals surface area contributed by atoms with E-state index in [4.69, 9.17) is 4.74 Å². The van der Waals surface area contributed by atoms with Crippen molar-refractivity contribution in [2.24, 2.45) is 0 Å². The molecule has 0 aliphatic carbocycles. The number of likely N-dealkylation sites (tertiary alicyclic amines) is 1. The van der Waals surface area contributed by atoms with Gasteiger partial charge in [0.25, 0.3) is 5.91 Å². The normalized spacial score (nSPS) is 18.3. The topological polar surface area (TPSA) is 46.5 Å². The van der Waals surface area contributed by atoms with Crippen LogP contribution in [0, 0.1) is 0 Å². The summed E-state index contributed by atoms with van der Waals surface area (Å²) in [4.78, 5) is 15.2. The maximum Gasteiger partial charge on any atom is 0.267 e. The molecule has 1 saturated heterocycles. The van der Waals surface area contributed by atoms with Crippen LogP contribution in [0.4, 0.5) is 0 Å². The van der Waals surface area contributed by atoms with E-state index < -0.39 is 0 Å². The fourth-order valence-corrected chi connectivity index (χ4v) is 3.67. The molecule has 0 spiro atoms. The van der Waals surface area contributed by atoms with Crippen LogP contribution in [0.5, 0.6) is 0 Å². The summed E-state index contributed by atoms with van der Waals surface area (Å²) in [6.45, 7) is 6.36. The average Bonchev–Trinajstić information content (AvgIpc) is 3.21. The van der Waals surface area contributed by atoms with E-state index in [0.717, 1.165) is 30.5 Å². The molecule has 1 aliphatic heterocycles. The van der Waals surface area contributed by atoms with Gasteiger partial charge in [-0.05, 0) is 38.1 Å². The Labute approximate surface area is 143 Å². The highest BCUT2D eigenvalue weighted by Gasteiger charge is 2.24. The summed E-state index contributed by atoms with van der Waals surface area (Å²) in [5.74, 6) is 0.00487. The standard InChI is InChI=1S/C19H27N3O2/c1-3-21-10-6-8-16(21)14-20-19(23)18-13-15-7-4-5-9-17(15)22(18)11-12-24-2/h4-5,7,9,13,16H,3,6,8,10-12,14H2,1-2H3,(H,20,23)/t16-/m0/s1. The maximum atomic E-state index is 12.8. The highest BCUT2D eigenvalue weighted by Crippen LogP contribution is 2.20. The van der Waals surface area contributed by atoms with Crippen molar-refractivity contribution in [2.75, 3.05) is 33.4 Å². The van der Waals surface area contributed by atoms with Gasteiger partial charge in [-0.1, -0.05) is 25.1 Å². The van der Waals surface area contributed by atoms with E-state index >= 15 is 0 Å². The van der Waals surface area contributed by atoms with E-state index in [1.54, 1.807) is 7.11 Å². The summed E-state index contributed by atoms with van der Waals surface area (Å²) < 4.78 is 7.27. The zero-order valence-electron chi connectivity index (χ0n) is 14.6. The monoisotopic (exact) mass is 329 g/mol. The van der Waals surface area contributed by atoms with Gasteiger partial charge in [0.15, 0.2) is 0 Å². The molecule has 2 heterocycles. The van der Waals surface area contributed by atoms with Crippen LogP contribution in [-0.4, -0.2) is 54.8 Å². The Hall–Kier alpha value is -1.85. The fourth-order valence-electron chi connectivity index (χ4n) is 3.67. The largest absolute Gasteiger partial charge is 0.383 e. The van der Waals surface area contributed by atoms with Crippen molar-refractivity contribution in [3.05, 3.63) is 36.0 Å². The minimum atomic E-state index is 0.00487. The number of amides is 1. The van der Waals surface area contributed by atoms with Crippen molar-refractivity contribution in [1.29, 1.82) is 0 Å². The second-order valence-corrected chi connectivity index (χ2v) is 6.37. The zero-order valence-corrected chi connectivity index (χ0v) is 14.6. The van der Waals surface area contributed by atoms with Crippen molar-refractivity contribution >= 4 is 16.8 Å². The minimum Gasteiger partial charge on any atom is -0.383 e. The van der Waals surface area contributed by atoms with Crippen LogP contribution in [0.15, 0.2) is 30.3 Å². The lowest BCUT2D eigenvalue weighted by atomic mass is 10.2. The summed E-state index contributed by atoms with van der Waals surface area (Å²) in [5, 5.41) is 4.23. The van der Waals surface area contributed by atoms with E-state index in [1.165, 1.54) is 12.8 Å². The van der Waals surface area contributed by atoms with Crippen molar-refractivity contribution < 1.29 is 9.53 Å². The molecule has 1 N–H and O–H groups in total. The number of carbonyl (C=O) groups excluding carboxylic acids is 1. The van der Waals surface area contributed by atoms with Crippen LogP contribution in [0.25, 0.3) is 10.9 Å². The Balaban J connectivity index is 1.76. The smallest absolute Gasteiger partial charge is 0.267 e. The zero-order chi connectivity index (χ0) is 16.9. The number of fused-ring (bicyclic) bond motifs is 1. The fraction of sp³-hybridized carbons (Fsp3) is 0.526. The van der Waals surface area contributed by atoms with Gasteiger partial charge in [-0.3, -0.25) is 9.69 Å². The van der Waals surface area contributed by atoms with Gasteiger partial charge < -0.3 is 14.6 Å². The van der Waals surface area contributed by atoms with Crippen LogP contribution < -0.4 is 5.32 Å². The first-order valence-electron chi connectivity index (χ1n) is 8.84. The number of carbonyl (C=O) groups is 1. The minimum absolute atomic E-state index is 0.00487. The molecule has 130 valence electrons. The molecule has 5 heteroatoms. The average molecular weight is 329 g/mol. The van der Waals surface area contributed by atoms with Crippen molar-refractivity contribution in [3.63, 3.8) is 0 Å². The first-order chi connectivity index (χ1) is 11.7. The summed E-state index contributed by atoms with van der Waals surface area (Å²) in [6.07, 6.45) is 2.39. The lowest BCUT2D eigenvalue weighted by Crippen LogP contribution is -2.40. The SMILES string of the molecule is CCN1CCC[C@H]1CNC(=O)c1cc2ccccc2n1CCOC. The van der Waals surface area contributed by atoms with Crippen LogP contribution >= 0.6 is 0 Å². The Morgan fingerprint density at radius 3 is 3.00 bits per heavy atom. The number of hydrogen-bond donors (Lipinski definition) is 1. The van der Waals surface area contributed by atoms with E-state index in [0.29, 0.717) is 24.9 Å². The number of ether oxygens (including phenoxy) is 1. The molecular weight excluding hydrogens is 302 g/mol. The van der Waals surface area contributed by atoms with Gasteiger partial charge in [0.2, 0.25) is 0 Å². The first-order valence-corrected chi connectivity index (χ1v) is 8.84. The van der Waals surface area contributed by atoms with Gasteiger partial charge >= 0.3 is 0 Å². The number of benzene rings is 1. The number of rotatable bonds is 7. The first kappa shape index (κ1) is 17.0. The molecule has 0 saturated carbocycles. The van der Waals surface area contributed by atoms with Gasteiger partial charge in [-0.15, -0.1) is 0 Å². The van der Waals surface area contributed by atoms with Crippen LogP contribution in [0.1, 0.15) is 30.3 Å². The van der Waals surface area contributed by atoms with Gasteiger partial charge in [-0.25, -0.2) is 0 Å². The lowest BCUT2D eigenvalue weighted by Gasteiger charge is -2.23. The molecule has 2 aromatic rings. The molecule has 1 amide bonds. The Morgan fingerprint density at radius 1 is 1.38 bits per heavy atom. The third kappa shape index (κ3) is 3.47. The second kappa shape index (κ2) is 7.81. The Bertz CT molecular complexity index is 695. The van der Waals surface area contributed by atoms with Crippen LogP contribution in [0.3, 0.4) is 0 Å². The van der Waals surface area contributed by atoms with E-state index in [-0.39, 0.29) is 5.91 Å². The summed E-state index contributed by atoms with van der Waals surface area (Å²) in [7, 11) is 1.69. The van der Waals surface area contributed by atoms with E-state index in [1.807, 2.05) is 24.3 Å². The number of aromatic nitrogens is 1. The van der Waals surface area contributed by atoms with Gasteiger partial charge in [-0.2, -0.15) is 0 Å². The highest BCUT2D eigenvalue weighted by molar-refractivity contribution is 5.98. The van der Waals surface area contributed by atoms with Crippen molar-refractivity contribution in [1.82, 2.24) is 14.8 Å². The molecule has 1 aliphatic rings. The predicted octanol–water partition coefficient (Wildman–Crippen LogP) is 2.50. The third-order valence-electron chi connectivity index (χ3n) is 4.97. The molecule has 1 fully saturated rings. The molecule has 1 aromatic carbocycles. The quantitative estimate of drug-likeness (QED) is 0.849. The van der Waals surface area contributed by atoms with Crippen LogP contribution in [0.2, 0.25) is 0 Å². The molecule has 0 unspecified atom stereocenters. The van der Waals surface area contributed by atoms with Crippen molar-refractivity contribution in [3.8, 4) is 0 Å². The molecule has 0 bridgehead atoms. The number of methoxy groups -OCH3 is 1. The van der Waals surface area contributed by atoms with Gasteiger partial charge in [0.1, 0.15) is 5.69 Å². The van der Waals surface area contributed by atoms with Gasteiger partial charge in [0.05, 0.1) is 6.61 Å². The summed E-state index contributed by atoms with van der Waals surface area (Å²) >= 11 is 0. The summed E-state index contributed by atoms with van der Waals surface area (Å²) in [6, 6.07) is 10.6. The third-order valence-corrected chi connectivity index (χ3v) is 4.97. The molecular formula is C19H27N3O2. The van der Waals surface area contributed by atoms with Crippen LogP contribution in [-0.2, 0) is 11.3 Å². The molecule has 3 rings (SSSR count). The molecule has 24 heavy (non-hydrogen) atoms. The Kier molecular flexibility index (Phi) is 5.53. The number of nitrogens with zero attached hydrogens (tertiary/aromatic N) is 2. The molecule has 0 radical (unpaired) electrons. The van der Waals surface area contributed by atoms with Crippen molar-refractivity contribution in [2.45, 2.75) is 32.4 Å². The van der Waals surface area contributed by atoms with Gasteiger partial charge in [0, 0.05) is 37.1 Å². The van der Waals surface area contributed by atoms with E-state index in [2.05, 4.69) is 27.8 Å². The highest BCUT2D eigenvalue weighted by atomic mass is 16.5. The summed E-state index contributed by atoms with van der Waals surface area (Å²) in [5.41, 5.74) is 1.80. The van der Waals surface area contributed by atoms with E-state index in [9.17, 15) is 4.79 Å². The maximum absolute atomic E-state index is 12.8. The second-order valence-electron chi connectivity index (χ2n) is 6.37. The lowest BCUT2D eigenvalue weighted by molar-refractivity contribution is 0.0930. The Morgan fingerprint density at radius 2 is 2.21 bits per heavy atom. The molecule has 5 nitrogen and oxygen atoms in total. The number of nitrogens with one attached hydrogen (secondary N) is 1. The predicted molar refractivity (Wildman–Crippen MR) is 96.4 cm³/mol.